The van der Waals surface area contributed by atoms with Gasteiger partial charge in [-0.05, 0) is 91.0 Å². The van der Waals surface area contributed by atoms with Gasteiger partial charge in [0, 0.05) is 17.1 Å². The van der Waals surface area contributed by atoms with E-state index in [0.29, 0.717) is 23.3 Å². The van der Waals surface area contributed by atoms with Crippen LogP contribution >= 0.6 is 11.8 Å². The third-order valence-corrected chi connectivity index (χ3v) is 6.21. The molecular weight excluding hydrogens is 486 g/mol. The highest BCUT2D eigenvalue weighted by molar-refractivity contribution is 7.98. The monoisotopic (exact) mass is 531 g/mol. The predicted octanol–water partition coefficient (Wildman–Crippen LogP) is 5.29. The summed E-state index contributed by atoms with van der Waals surface area (Å²) < 4.78 is 5.44. The third kappa shape index (κ3) is 10.7. The standard InChI is InChI=1S/C29H45N3O4S/c1-11-13-20(3)30-25(33)24(22-16-14-21(12-2)15-17-22)32(28(4,5)6)26(34)23(18-19-37-10)31-27(35)36-29(7,8)9/h2,14-17,20,23-24H,11,13,18-19H2,1,3-10H3,(H,30,33)(H,31,35). The van der Waals surface area contributed by atoms with Crippen LogP contribution in [-0.4, -0.2) is 58.0 Å². The number of hydrogen-bond acceptors (Lipinski definition) is 5. The first-order chi connectivity index (χ1) is 17.1. The largest absolute Gasteiger partial charge is 0.444 e. The van der Waals surface area contributed by atoms with E-state index in [0.717, 1.165) is 12.8 Å². The van der Waals surface area contributed by atoms with Crippen molar-refractivity contribution in [3.63, 3.8) is 0 Å². The molecule has 0 aliphatic heterocycles. The molecule has 1 aromatic carbocycles. The first kappa shape index (κ1) is 32.4. The summed E-state index contributed by atoms with van der Waals surface area (Å²) in [6, 6.07) is 5.25. The summed E-state index contributed by atoms with van der Waals surface area (Å²) in [5, 5.41) is 5.84. The summed E-state index contributed by atoms with van der Waals surface area (Å²) in [6.07, 6.45) is 8.93. The first-order valence-corrected chi connectivity index (χ1v) is 14.2. The molecule has 0 spiro atoms. The zero-order chi connectivity index (χ0) is 28.4. The molecule has 3 unspecified atom stereocenters. The molecular formula is C29H45N3O4S. The maximum atomic E-state index is 14.2. The second-order valence-corrected chi connectivity index (χ2v) is 12.2. The molecule has 0 aliphatic rings. The molecule has 206 valence electrons. The first-order valence-electron chi connectivity index (χ1n) is 12.8. The number of hydrogen-bond donors (Lipinski definition) is 2. The van der Waals surface area contributed by atoms with Crippen LogP contribution in [0.25, 0.3) is 0 Å². The van der Waals surface area contributed by atoms with Gasteiger partial charge in [0.1, 0.15) is 17.7 Å². The molecule has 0 heterocycles. The minimum Gasteiger partial charge on any atom is -0.444 e. The number of amides is 3. The van der Waals surface area contributed by atoms with Crippen LogP contribution in [0.3, 0.4) is 0 Å². The Bertz CT molecular complexity index is 942. The Morgan fingerprint density at radius 2 is 1.65 bits per heavy atom. The van der Waals surface area contributed by atoms with Crippen molar-refractivity contribution in [2.75, 3.05) is 12.0 Å². The van der Waals surface area contributed by atoms with E-state index < -0.39 is 29.3 Å². The Labute approximate surface area is 227 Å². The molecule has 3 atom stereocenters. The van der Waals surface area contributed by atoms with E-state index in [2.05, 4.69) is 23.5 Å². The topological polar surface area (TPSA) is 87.7 Å². The number of nitrogens with one attached hydrogen (secondary N) is 2. The number of nitrogens with zero attached hydrogens (tertiary/aromatic N) is 1. The molecule has 0 aromatic heterocycles. The zero-order valence-electron chi connectivity index (χ0n) is 23.9. The van der Waals surface area contributed by atoms with Crippen LogP contribution in [0, 0.1) is 12.3 Å². The van der Waals surface area contributed by atoms with E-state index in [9.17, 15) is 14.4 Å². The highest BCUT2D eigenvalue weighted by Gasteiger charge is 2.42. The van der Waals surface area contributed by atoms with Crippen LogP contribution < -0.4 is 10.6 Å². The molecule has 0 saturated carbocycles. The van der Waals surface area contributed by atoms with Crippen molar-refractivity contribution in [3.8, 4) is 12.3 Å². The maximum Gasteiger partial charge on any atom is 0.408 e. The molecule has 0 aliphatic carbocycles. The van der Waals surface area contributed by atoms with Gasteiger partial charge in [0.05, 0.1) is 0 Å². The van der Waals surface area contributed by atoms with Crippen LogP contribution in [0.2, 0.25) is 0 Å². The molecule has 1 aromatic rings. The van der Waals surface area contributed by atoms with Crippen molar-refractivity contribution in [2.45, 2.75) is 104 Å². The van der Waals surface area contributed by atoms with E-state index in [1.165, 1.54) is 0 Å². The SMILES string of the molecule is C#Cc1ccc(C(C(=O)NC(C)CCC)N(C(=O)C(CCSC)NC(=O)OC(C)(C)C)C(C)(C)C)cc1. The molecule has 0 bridgehead atoms. The summed E-state index contributed by atoms with van der Waals surface area (Å²) in [7, 11) is 0. The molecule has 8 heteroatoms. The van der Waals surface area contributed by atoms with Crippen LogP contribution in [0.15, 0.2) is 24.3 Å². The van der Waals surface area contributed by atoms with Crippen molar-refractivity contribution in [3.05, 3.63) is 35.4 Å². The maximum absolute atomic E-state index is 14.2. The lowest BCUT2D eigenvalue weighted by Gasteiger charge is -2.43. The molecule has 37 heavy (non-hydrogen) atoms. The van der Waals surface area contributed by atoms with Crippen LogP contribution in [-0.2, 0) is 14.3 Å². The van der Waals surface area contributed by atoms with Gasteiger partial charge in [-0.3, -0.25) is 9.59 Å². The minimum absolute atomic E-state index is 0.0610. The average Bonchev–Trinajstić information content (AvgIpc) is 2.77. The van der Waals surface area contributed by atoms with Gasteiger partial charge in [0.25, 0.3) is 0 Å². The van der Waals surface area contributed by atoms with Gasteiger partial charge in [-0.15, -0.1) is 6.42 Å². The number of carbonyl (C=O) groups excluding carboxylic acids is 3. The summed E-state index contributed by atoms with van der Waals surface area (Å²) in [5.74, 6) is 2.61. The number of carbonyl (C=O) groups is 3. The molecule has 0 saturated heterocycles. The number of thioether (sulfide) groups is 1. The van der Waals surface area contributed by atoms with Crippen molar-refractivity contribution in [1.82, 2.24) is 15.5 Å². The van der Waals surface area contributed by atoms with Gasteiger partial charge in [0.2, 0.25) is 11.8 Å². The fourth-order valence-electron chi connectivity index (χ4n) is 3.96. The lowest BCUT2D eigenvalue weighted by molar-refractivity contribution is -0.148. The Kier molecular flexibility index (Phi) is 12.5. The van der Waals surface area contributed by atoms with Crippen LogP contribution in [0.5, 0.6) is 0 Å². The lowest BCUT2D eigenvalue weighted by Crippen LogP contribution is -2.59. The smallest absolute Gasteiger partial charge is 0.408 e. The van der Waals surface area contributed by atoms with Gasteiger partial charge in [-0.1, -0.05) is 31.4 Å². The van der Waals surface area contributed by atoms with Crippen molar-refractivity contribution < 1.29 is 19.1 Å². The fourth-order valence-corrected chi connectivity index (χ4v) is 4.43. The van der Waals surface area contributed by atoms with Gasteiger partial charge in [-0.25, -0.2) is 4.79 Å². The zero-order valence-corrected chi connectivity index (χ0v) is 24.8. The summed E-state index contributed by atoms with van der Waals surface area (Å²) >= 11 is 1.57. The molecule has 0 radical (unpaired) electrons. The van der Waals surface area contributed by atoms with Crippen LogP contribution in [0.1, 0.15) is 91.8 Å². The third-order valence-electron chi connectivity index (χ3n) is 5.57. The average molecular weight is 532 g/mol. The van der Waals surface area contributed by atoms with Crippen molar-refractivity contribution in [2.24, 2.45) is 0 Å². The molecule has 1 rings (SSSR count). The quantitative estimate of drug-likeness (QED) is 0.379. The van der Waals surface area contributed by atoms with Gasteiger partial charge in [-0.2, -0.15) is 11.8 Å². The Balaban J connectivity index is 3.56. The van der Waals surface area contributed by atoms with Gasteiger partial charge < -0.3 is 20.3 Å². The minimum atomic E-state index is -0.921. The lowest BCUT2D eigenvalue weighted by atomic mass is 9.94. The van der Waals surface area contributed by atoms with E-state index in [-0.39, 0.29) is 17.9 Å². The van der Waals surface area contributed by atoms with Crippen molar-refractivity contribution in [1.29, 1.82) is 0 Å². The summed E-state index contributed by atoms with van der Waals surface area (Å²) in [6.45, 7) is 15.0. The van der Waals surface area contributed by atoms with E-state index in [4.69, 9.17) is 11.2 Å². The highest BCUT2D eigenvalue weighted by Crippen LogP contribution is 2.31. The number of benzene rings is 1. The molecule has 0 fully saturated rings. The molecule has 3 amide bonds. The second kappa shape index (κ2) is 14.3. The normalized spacial score (nSPS) is 14.1. The second-order valence-electron chi connectivity index (χ2n) is 11.2. The summed E-state index contributed by atoms with van der Waals surface area (Å²) in [5.41, 5.74) is -0.132. The fraction of sp³-hybridized carbons (Fsp3) is 0.621. The number of rotatable bonds is 11. The van der Waals surface area contributed by atoms with Gasteiger partial charge in [0.15, 0.2) is 0 Å². The number of terminal acetylenes is 1. The molecule has 2 N–H and O–H groups in total. The Morgan fingerprint density at radius 3 is 2.11 bits per heavy atom. The van der Waals surface area contributed by atoms with E-state index >= 15 is 0 Å². The van der Waals surface area contributed by atoms with E-state index in [1.54, 1.807) is 61.7 Å². The summed E-state index contributed by atoms with van der Waals surface area (Å²) in [4.78, 5) is 42.2. The number of ether oxygens (including phenoxy) is 1. The van der Waals surface area contributed by atoms with Gasteiger partial charge >= 0.3 is 6.09 Å². The van der Waals surface area contributed by atoms with Crippen LogP contribution in [0.4, 0.5) is 4.79 Å². The highest BCUT2D eigenvalue weighted by atomic mass is 32.2. The van der Waals surface area contributed by atoms with E-state index in [1.807, 2.05) is 34.0 Å². The number of alkyl carbamates (subject to hydrolysis) is 1. The predicted molar refractivity (Wildman–Crippen MR) is 152 cm³/mol. The van der Waals surface area contributed by atoms with Crippen molar-refractivity contribution >= 4 is 29.7 Å². The Hall–Kier alpha value is -2.66. The Morgan fingerprint density at radius 1 is 1.05 bits per heavy atom. The molecule has 7 nitrogen and oxygen atoms in total.